The molecule has 6 heteroatoms. The Balaban J connectivity index is 1.76. The van der Waals surface area contributed by atoms with Gasteiger partial charge in [-0.05, 0) is 12.8 Å². The van der Waals surface area contributed by atoms with Crippen molar-refractivity contribution >= 4 is 12.3 Å². The third-order valence-electron chi connectivity index (χ3n) is 3.03. The predicted octanol–water partition coefficient (Wildman–Crippen LogP) is -1.52. The number of carbonyl (C=O) groups is 2. The molecule has 2 aliphatic heterocycles. The second-order valence-electron chi connectivity index (χ2n) is 4.28. The molecule has 0 aromatic rings. The van der Waals surface area contributed by atoms with E-state index in [-0.39, 0.29) is 18.1 Å². The summed E-state index contributed by atoms with van der Waals surface area (Å²) < 4.78 is 5.40. The van der Waals surface area contributed by atoms with E-state index in [0.717, 1.165) is 6.42 Å². The Hall–Kier alpha value is -1.14. The number of aliphatic hydroxyl groups is 1. The van der Waals surface area contributed by atoms with Crippen molar-refractivity contribution in [2.45, 2.75) is 31.1 Å². The largest absolute Gasteiger partial charge is 0.389 e. The maximum Gasteiger partial charge on any atom is 0.251 e. The monoisotopic (exact) mass is 228 g/mol. The number of nitrogens with zero attached hydrogens (tertiary/aromatic N) is 1. The lowest BCUT2D eigenvalue weighted by Gasteiger charge is -2.39. The van der Waals surface area contributed by atoms with Gasteiger partial charge >= 0.3 is 0 Å². The zero-order valence-corrected chi connectivity index (χ0v) is 8.96. The SMILES string of the molecule is O=CN[C@@H]1CC[C@@H](C(=O)N2CC(O)C2)OC1. The van der Waals surface area contributed by atoms with Crippen LogP contribution in [-0.2, 0) is 14.3 Å². The average Bonchev–Trinajstić information content (AvgIpc) is 2.25. The van der Waals surface area contributed by atoms with E-state index < -0.39 is 6.10 Å². The lowest BCUT2D eigenvalue weighted by atomic mass is 10.0. The number of rotatable bonds is 3. The Morgan fingerprint density at radius 3 is 2.69 bits per heavy atom. The quantitative estimate of drug-likeness (QED) is 0.575. The van der Waals surface area contributed by atoms with Crippen molar-refractivity contribution in [3.8, 4) is 0 Å². The Kier molecular flexibility index (Phi) is 3.40. The molecule has 0 saturated carbocycles. The molecule has 2 aliphatic rings. The third-order valence-corrected chi connectivity index (χ3v) is 3.03. The summed E-state index contributed by atoms with van der Waals surface area (Å²) in [7, 11) is 0. The summed E-state index contributed by atoms with van der Waals surface area (Å²) in [6.45, 7) is 1.20. The molecule has 0 aromatic heterocycles. The second kappa shape index (κ2) is 4.80. The summed E-state index contributed by atoms with van der Waals surface area (Å²) in [6.07, 6.45) is 1.25. The third kappa shape index (κ3) is 2.33. The second-order valence-corrected chi connectivity index (χ2v) is 4.28. The van der Waals surface area contributed by atoms with Crippen LogP contribution in [0.4, 0.5) is 0 Å². The predicted molar refractivity (Wildman–Crippen MR) is 54.5 cm³/mol. The zero-order valence-electron chi connectivity index (χ0n) is 8.96. The van der Waals surface area contributed by atoms with E-state index in [9.17, 15) is 9.59 Å². The summed E-state index contributed by atoms with van der Waals surface area (Å²) in [5.74, 6) is -0.0464. The van der Waals surface area contributed by atoms with E-state index >= 15 is 0 Å². The molecular weight excluding hydrogens is 212 g/mol. The topological polar surface area (TPSA) is 78.9 Å². The van der Waals surface area contributed by atoms with Gasteiger partial charge in [0.15, 0.2) is 0 Å². The smallest absolute Gasteiger partial charge is 0.251 e. The number of ether oxygens (including phenoxy) is 1. The maximum atomic E-state index is 11.8. The van der Waals surface area contributed by atoms with Crippen LogP contribution in [0.1, 0.15) is 12.8 Å². The van der Waals surface area contributed by atoms with Crippen molar-refractivity contribution in [2.75, 3.05) is 19.7 Å². The van der Waals surface area contributed by atoms with Crippen molar-refractivity contribution < 1.29 is 19.4 Å². The molecule has 0 spiro atoms. The highest BCUT2D eigenvalue weighted by Crippen LogP contribution is 2.18. The molecule has 2 rings (SSSR count). The first-order valence-electron chi connectivity index (χ1n) is 5.49. The minimum Gasteiger partial charge on any atom is -0.389 e. The number of amides is 2. The number of nitrogens with one attached hydrogen (secondary N) is 1. The number of likely N-dealkylation sites (tertiary alicyclic amines) is 1. The van der Waals surface area contributed by atoms with Crippen molar-refractivity contribution in [3.63, 3.8) is 0 Å². The van der Waals surface area contributed by atoms with E-state index in [4.69, 9.17) is 9.84 Å². The average molecular weight is 228 g/mol. The van der Waals surface area contributed by atoms with Crippen LogP contribution < -0.4 is 5.32 Å². The van der Waals surface area contributed by atoms with E-state index in [1.54, 1.807) is 4.90 Å². The summed E-state index contributed by atoms with van der Waals surface area (Å²) in [4.78, 5) is 23.6. The summed E-state index contributed by atoms with van der Waals surface area (Å²) >= 11 is 0. The van der Waals surface area contributed by atoms with Crippen LogP contribution in [0, 0.1) is 0 Å². The minimum absolute atomic E-state index is 0.0172. The number of β-amino-alcohol motifs (C(OH)–C–C–N with tert-alkyl or cyclic N) is 1. The van der Waals surface area contributed by atoms with Crippen molar-refractivity contribution in [1.82, 2.24) is 10.2 Å². The van der Waals surface area contributed by atoms with Gasteiger partial charge in [0.1, 0.15) is 6.10 Å². The first kappa shape index (κ1) is 11.3. The molecule has 2 atom stereocenters. The molecule has 0 aliphatic carbocycles. The van der Waals surface area contributed by atoms with Crippen molar-refractivity contribution in [1.29, 1.82) is 0 Å². The molecule has 0 aromatic carbocycles. The molecule has 2 saturated heterocycles. The van der Waals surface area contributed by atoms with E-state index in [2.05, 4.69) is 5.32 Å². The molecule has 2 amide bonds. The van der Waals surface area contributed by atoms with Gasteiger partial charge < -0.3 is 20.1 Å². The van der Waals surface area contributed by atoms with Crippen LogP contribution in [0.15, 0.2) is 0 Å². The number of carbonyl (C=O) groups excluding carboxylic acids is 2. The highest BCUT2D eigenvalue weighted by atomic mass is 16.5. The standard InChI is InChI=1S/C10H16N2O4/c13-6-11-7-1-2-9(16-5-7)10(15)12-3-8(14)4-12/h6-9,14H,1-5H2,(H,11,13)/t7-,9+/m1/s1. The number of hydrogen-bond donors (Lipinski definition) is 2. The Bertz CT molecular complexity index is 270. The minimum atomic E-state index is -0.405. The lowest BCUT2D eigenvalue weighted by Crippen LogP contribution is -2.57. The van der Waals surface area contributed by atoms with Gasteiger partial charge in [0.2, 0.25) is 6.41 Å². The fourth-order valence-corrected chi connectivity index (χ4v) is 2.01. The molecule has 0 radical (unpaired) electrons. The van der Waals surface area contributed by atoms with Gasteiger partial charge in [-0.3, -0.25) is 9.59 Å². The molecule has 16 heavy (non-hydrogen) atoms. The molecular formula is C10H16N2O4. The molecule has 0 bridgehead atoms. The van der Waals surface area contributed by atoms with E-state index in [1.165, 1.54) is 0 Å². The zero-order chi connectivity index (χ0) is 11.5. The van der Waals surface area contributed by atoms with Gasteiger partial charge in [0.25, 0.3) is 5.91 Å². The highest BCUT2D eigenvalue weighted by Gasteiger charge is 2.35. The first-order chi connectivity index (χ1) is 7.70. The first-order valence-corrected chi connectivity index (χ1v) is 5.49. The summed E-state index contributed by atoms with van der Waals surface area (Å²) in [5.41, 5.74) is 0. The number of aliphatic hydroxyl groups excluding tert-OH is 1. The molecule has 2 fully saturated rings. The van der Waals surface area contributed by atoms with Crippen molar-refractivity contribution in [2.24, 2.45) is 0 Å². The van der Waals surface area contributed by atoms with Crippen molar-refractivity contribution in [3.05, 3.63) is 0 Å². The molecule has 90 valence electrons. The van der Waals surface area contributed by atoms with Gasteiger partial charge in [-0.2, -0.15) is 0 Å². The van der Waals surface area contributed by atoms with Gasteiger partial charge in [-0.15, -0.1) is 0 Å². The molecule has 6 nitrogen and oxygen atoms in total. The Morgan fingerprint density at radius 2 is 2.19 bits per heavy atom. The summed E-state index contributed by atoms with van der Waals surface area (Å²) in [6, 6.07) is 0.0172. The molecule has 2 heterocycles. The highest BCUT2D eigenvalue weighted by molar-refractivity contribution is 5.81. The Morgan fingerprint density at radius 1 is 1.44 bits per heavy atom. The molecule has 0 unspecified atom stereocenters. The van der Waals surface area contributed by atoms with Gasteiger partial charge in [0.05, 0.1) is 18.8 Å². The van der Waals surface area contributed by atoms with Crippen LogP contribution in [0.5, 0.6) is 0 Å². The van der Waals surface area contributed by atoms with Gasteiger partial charge in [-0.1, -0.05) is 0 Å². The normalized spacial score (nSPS) is 30.7. The van der Waals surface area contributed by atoms with Crippen LogP contribution in [0.25, 0.3) is 0 Å². The summed E-state index contributed by atoms with van der Waals surface area (Å²) in [5, 5.41) is 11.7. The lowest BCUT2D eigenvalue weighted by molar-refractivity contribution is -0.157. The van der Waals surface area contributed by atoms with Gasteiger partial charge in [0, 0.05) is 13.1 Å². The fourth-order valence-electron chi connectivity index (χ4n) is 2.01. The van der Waals surface area contributed by atoms with Crippen LogP contribution >= 0.6 is 0 Å². The van der Waals surface area contributed by atoms with E-state index in [0.29, 0.717) is 32.5 Å². The van der Waals surface area contributed by atoms with Gasteiger partial charge in [-0.25, -0.2) is 0 Å². The Labute approximate surface area is 93.6 Å². The van der Waals surface area contributed by atoms with E-state index in [1.807, 2.05) is 0 Å². The van der Waals surface area contributed by atoms with Crippen LogP contribution in [-0.4, -0.2) is 60.3 Å². The fraction of sp³-hybridized carbons (Fsp3) is 0.800. The molecule has 2 N–H and O–H groups in total. The number of hydrogen-bond acceptors (Lipinski definition) is 4. The van der Waals surface area contributed by atoms with Crippen LogP contribution in [0.2, 0.25) is 0 Å². The maximum absolute atomic E-state index is 11.8. The van der Waals surface area contributed by atoms with Crippen LogP contribution in [0.3, 0.4) is 0 Å².